The SMILES string of the molecule is O=C1C=C(C(=Cc2ccccc2)S(=O)(=O)O)C(=O)O1.[H-].[Na+]. The molecule has 1 aromatic rings. The fraction of sp³-hybridized carbons (Fsp3) is 0. The Balaban J connectivity index is 0.00000200. The summed E-state index contributed by atoms with van der Waals surface area (Å²) in [5.41, 5.74) is -0.0421. The molecule has 1 aliphatic heterocycles. The average molecular weight is 304 g/mol. The molecule has 0 amide bonds. The van der Waals surface area contributed by atoms with Crippen LogP contribution in [-0.4, -0.2) is 24.9 Å². The van der Waals surface area contributed by atoms with Gasteiger partial charge in [-0.05, 0) is 11.6 Å². The first-order valence-corrected chi connectivity index (χ1v) is 6.54. The Morgan fingerprint density at radius 3 is 2.25 bits per heavy atom. The molecule has 0 bridgehead atoms. The minimum atomic E-state index is -4.66. The number of rotatable bonds is 3. The van der Waals surface area contributed by atoms with Crippen molar-refractivity contribution >= 4 is 28.1 Å². The number of hydrogen-bond acceptors (Lipinski definition) is 5. The first-order valence-electron chi connectivity index (χ1n) is 5.10. The van der Waals surface area contributed by atoms with Gasteiger partial charge in [0.25, 0.3) is 10.1 Å². The molecule has 8 heteroatoms. The number of carbonyl (C=O) groups is 2. The van der Waals surface area contributed by atoms with E-state index in [2.05, 4.69) is 4.74 Å². The third-order valence-electron chi connectivity index (χ3n) is 2.32. The Morgan fingerprint density at radius 2 is 1.80 bits per heavy atom. The molecule has 20 heavy (non-hydrogen) atoms. The first kappa shape index (κ1) is 16.8. The molecule has 0 saturated heterocycles. The van der Waals surface area contributed by atoms with E-state index in [0.717, 1.165) is 12.2 Å². The number of benzene rings is 1. The van der Waals surface area contributed by atoms with Crippen LogP contribution in [0.5, 0.6) is 0 Å². The van der Waals surface area contributed by atoms with Crippen LogP contribution in [0.25, 0.3) is 6.08 Å². The van der Waals surface area contributed by atoms with Crippen molar-refractivity contribution in [3.05, 3.63) is 52.4 Å². The van der Waals surface area contributed by atoms with Gasteiger partial charge in [0, 0.05) is 6.08 Å². The quantitative estimate of drug-likeness (QED) is 0.301. The molecule has 0 atom stereocenters. The number of ether oxygens (including phenoxy) is 1. The van der Waals surface area contributed by atoms with E-state index in [1.165, 1.54) is 0 Å². The number of hydrogen-bond donors (Lipinski definition) is 1. The van der Waals surface area contributed by atoms with Gasteiger partial charge in [0.1, 0.15) is 4.91 Å². The van der Waals surface area contributed by atoms with Crippen molar-refractivity contribution in [2.24, 2.45) is 0 Å². The molecule has 2 rings (SSSR count). The van der Waals surface area contributed by atoms with Crippen molar-refractivity contribution in [2.75, 3.05) is 0 Å². The van der Waals surface area contributed by atoms with Crippen molar-refractivity contribution in [3.63, 3.8) is 0 Å². The molecular weight excluding hydrogens is 295 g/mol. The van der Waals surface area contributed by atoms with E-state index < -0.39 is 32.5 Å². The Kier molecular flexibility index (Phi) is 5.43. The van der Waals surface area contributed by atoms with E-state index in [-0.39, 0.29) is 31.0 Å². The van der Waals surface area contributed by atoms with Gasteiger partial charge in [0.15, 0.2) is 0 Å². The van der Waals surface area contributed by atoms with Crippen LogP contribution in [0.1, 0.15) is 6.99 Å². The van der Waals surface area contributed by atoms with Crippen LogP contribution in [-0.2, 0) is 24.4 Å². The molecule has 0 fully saturated rings. The standard InChI is InChI=1S/C12H8O6S.Na.H/c13-11-7-9(12(14)18-11)10(19(15,16)17)6-8-4-2-1-3-5-8;;/h1-7H,(H,15,16,17);;/q;+1;-1. The summed E-state index contributed by atoms with van der Waals surface area (Å²) >= 11 is 0. The average Bonchev–Trinajstić information content (AvgIpc) is 2.65. The summed E-state index contributed by atoms with van der Waals surface area (Å²) in [7, 11) is -4.66. The zero-order chi connectivity index (χ0) is 14.0. The minimum absolute atomic E-state index is 0. The maximum absolute atomic E-state index is 11.3. The summed E-state index contributed by atoms with van der Waals surface area (Å²) in [6.07, 6.45) is 1.81. The molecule has 1 aromatic carbocycles. The second-order valence-corrected chi connectivity index (χ2v) is 5.05. The second kappa shape index (κ2) is 6.47. The summed E-state index contributed by atoms with van der Waals surface area (Å²) in [5, 5.41) is 0. The Morgan fingerprint density at radius 1 is 1.20 bits per heavy atom. The van der Waals surface area contributed by atoms with E-state index in [0.29, 0.717) is 5.56 Å². The maximum Gasteiger partial charge on any atom is 1.00 e. The second-order valence-electron chi connectivity index (χ2n) is 3.66. The van der Waals surface area contributed by atoms with Gasteiger partial charge in [0.05, 0.1) is 5.57 Å². The van der Waals surface area contributed by atoms with Crippen molar-refractivity contribution < 1.29 is 58.3 Å². The van der Waals surface area contributed by atoms with E-state index in [1.54, 1.807) is 30.3 Å². The molecule has 1 N–H and O–H groups in total. The minimum Gasteiger partial charge on any atom is -1.00 e. The van der Waals surface area contributed by atoms with Gasteiger partial charge in [-0.25, -0.2) is 9.59 Å². The molecule has 0 radical (unpaired) electrons. The van der Waals surface area contributed by atoms with Crippen molar-refractivity contribution in [3.8, 4) is 0 Å². The largest absolute Gasteiger partial charge is 1.00 e. The van der Waals surface area contributed by atoms with E-state index in [1.807, 2.05) is 0 Å². The van der Waals surface area contributed by atoms with Gasteiger partial charge in [-0.1, -0.05) is 30.3 Å². The van der Waals surface area contributed by atoms with Gasteiger partial charge in [0.2, 0.25) is 0 Å². The van der Waals surface area contributed by atoms with E-state index >= 15 is 0 Å². The molecule has 0 aromatic heterocycles. The van der Waals surface area contributed by atoms with E-state index in [4.69, 9.17) is 4.55 Å². The zero-order valence-electron chi connectivity index (χ0n) is 11.4. The number of cyclic esters (lactones) is 2. The summed E-state index contributed by atoms with van der Waals surface area (Å²) in [6, 6.07) is 8.18. The van der Waals surface area contributed by atoms with Crippen molar-refractivity contribution in [1.82, 2.24) is 0 Å². The summed E-state index contributed by atoms with van der Waals surface area (Å²) in [6.45, 7) is 0. The molecular formula is C12H9NaO6S. The Labute approximate surface area is 138 Å². The Hall–Kier alpha value is -1.25. The normalized spacial score (nSPS) is 15.4. The molecule has 0 unspecified atom stereocenters. The Bertz CT molecular complexity index is 709. The molecule has 1 heterocycles. The molecule has 6 nitrogen and oxygen atoms in total. The van der Waals surface area contributed by atoms with E-state index in [9.17, 15) is 18.0 Å². The molecule has 0 aliphatic carbocycles. The molecule has 0 spiro atoms. The molecule has 1 aliphatic rings. The van der Waals surface area contributed by atoms with Crippen LogP contribution in [0.15, 0.2) is 46.9 Å². The molecule has 100 valence electrons. The van der Waals surface area contributed by atoms with Gasteiger partial charge in [-0.2, -0.15) is 8.42 Å². The third-order valence-corrected chi connectivity index (χ3v) is 3.21. The van der Waals surface area contributed by atoms with Gasteiger partial charge < -0.3 is 6.16 Å². The van der Waals surface area contributed by atoms with Crippen molar-refractivity contribution in [1.29, 1.82) is 0 Å². The van der Waals surface area contributed by atoms with Crippen LogP contribution in [0.4, 0.5) is 0 Å². The van der Waals surface area contributed by atoms with Crippen LogP contribution in [0.3, 0.4) is 0 Å². The molecule has 0 saturated carbocycles. The zero-order valence-corrected chi connectivity index (χ0v) is 13.3. The number of carbonyl (C=O) groups excluding carboxylic acids is 2. The summed E-state index contributed by atoms with van der Waals surface area (Å²) in [5.74, 6) is -2.08. The van der Waals surface area contributed by atoms with Crippen LogP contribution >= 0.6 is 0 Å². The van der Waals surface area contributed by atoms with Crippen LogP contribution in [0, 0.1) is 0 Å². The third kappa shape index (κ3) is 3.87. The van der Waals surface area contributed by atoms with Gasteiger partial charge in [-0.15, -0.1) is 0 Å². The van der Waals surface area contributed by atoms with Crippen LogP contribution in [0.2, 0.25) is 0 Å². The predicted octanol–water partition coefficient (Wildman–Crippen LogP) is -1.96. The van der Waals surface area contributed by atoms with Gasteiger partial charge in [-0.3, -0.25) is 4.55 Å². The fourth-order valence-electron chi connectivity index (χ4n) is 1.52. The maximum atomic E-state index is 11.3. The van der Waals surface area contributed by atoms with Crippen LogP contribution < -0.4 is 29.6 Å². The fourth-order valence-corrected chi connectivity index (χ4v) is 2.22. The summed E-state index contributed by atoms with van der Waals surface area (Å²) in [4.78, 5) is 21.6. The monoisotopic (exact) mass is 304 g/mol. The summed E-state index contributed by atoms with van der Waals surface area (Å²) < 4.78 is 36.0. The van der Waals surface area contributed by atoms with Crippen molar-refractivity contribution in [2.45, 2.75) is 0 Å². The van der Waals surface area contributed by atoms with Gasteiger partial charge >= 0.3 is 41.5 Å². The predicted molar refractivity (Wildman–Crippen MR) is 66.3 cm³/mol. The smallest absolute Gasteiger partial charge is 1.00 e. The topological polar surface area (TPSA) is 97.7 Å². The number of esters is 2. The first-order chi connectivity index (χ1) is 8.88.